The number of nitrogens with one attached hydrogen (secondary N) is 3. The van der Waals surface area contributed by atoms with Gasteiger partial charge >= 0.3 is 0 Å². The van der Waals surface area contributed by atoms with Crippen molar-refractivity contribution in [1.82, 2.24) is 40.4 Å². The van der Waals surface area contributed by atoms with Crippen molar-refractivity contribution in [3.05, 3.63) is 35.2 Å². The molecule has 1 aliphatic rings. The Morgan fingerprint density at radius 1 is 1.36 bits per heavy atom. The Kier molecular flexibility index (Phi) is 3.09. The van der Waals surface area contributed by atoms with Gasteiger partial charge in [0.05, 0.1) is 40.9 Å². The molecule has 0 spiro atoms. The van der Waals surface area contributed by atoms with Crippen molar-refractivity contribution in [2.45, 2.75) is 6.54 Å². The molecule has 0 saturated carbocycles. The number of fused-ring (bicyclic) bond motifs is 2. The van der Waals surface area contributed by atoms with E-state index in [2.05, 4.69) is 37.8 Å². The smallest absolute Gasteiger partial charge is 0.193 e. The number of aromatic amines is 2. The van der Waals surface area contributed by atoms with E-state index in [1.54, 1.807) is 22.5 Å². The van der Waals surface area contributed by atoms with Crippen LogP contribution in [0.4, 0.5) is 0 Å². The molecular formula is C15H13N9S. The molecular weight excluding hydrogens is 338 g/mol. The van der Waals surface area contributed by atoms with Crippen LogP contribution in [0, 0.1) is 11.3 Å². The SMILES string of the molecule is N#CCN1C=C(c2cnc3[nH]n(Cc4cc5[nH]ncc5s4)c3n2)CN1. The highest BCUT2D eigenvalue weighted by Gasteiger charge is 2.17. The molecule has 0 amide bonds. The van der Waals surface area contributed by atoms with Gasteiger partial charge in [0.15, 0.2) is 11.3 Å². The molecule has 0 bridgehead atoms. The number of hydrazine groups is 1. The molecule has 0 aliphatic carbocycles. The summed E-state index contributed by atoms with van der Waals surface area (Å²) in [5, 5.41) is 20.7. The highest BCUT2D eigenvalue weighted by atomic mass is 32.1. The molecule has 124 valence electrons. The van der Waals surface area contributed by atoms with Crippen LogP contribution in [0.3, 0.4) is 0 Å². The second-order valence-corrected chi connectivity index (χ2v) is 6.93. The fourth-order valence-electron chi connectivity index (χ4n) is 2.88. The van der Waals surface area contributed by atoms with E-state index < -0.39 is 0 Å². The van der Waals surface area contributed by atoms with Gasteiger partial charge in [-0.3, -0.25) is 14.9 Å². The summed E-state index contributed by atoms with van der Waals surface area (Å²) in [5.41, 5.74) is 7.66. The first kappa shape index (κ1) is 14.2. The second kappa shape index (κ2) is 5.44. The van der Waals surface area contributed by atoms with Crippen molar-refractivity contribution >= 4 is 38.4 Å². The van der Waals surface area contributed by atoms with E-state index in [0.29, 0.717) is 13.1 Å². The summed E-state index contributed by atoms with van der Waals surface area (Å²) in [6.45, 7) is 1.66. The molecule has 3 N–H and O–H groups in total. The van der Waals surface area contributed by atoms with Gasteiger partial charge in [0, 0.05) is 23.2 Å². The highest BCUT2D eigenvalue weighted by Crippen LogP contribution is 2.25. The zero-order valence-electron chi connectivity index (χ0n) is 13.0. The number of H-pyrrole nitrogens is 2. The fourth-order valence-corrected chi connectivity index (χ4v) is 3.85. The molecule has 10 heteroatoms. The minimum atomic E-state index is 0.302. The standard InChI is InChI=1S/C15H13N9S/c16-1-2-23-7-9(4-19-23)12-5-17-14-15(20-12)24(22-14)8-10-3-11-13(25-10)6-18-21-11/h3,5-7,19H,2,4,8H2,(H,17,22)(H,18,21). The minimum Gasteiger partial charge on any atom is -0.301 e. The number of nitrogens with zero attached hydrogens (tertiary/aromatic N) is 6. The van der Waals surface area contributed by atoms with E-state index in [4.69, 9.17) is 10.2 Å². The maximum atomic E-state index is 8.78. The predicted octanol–water partition coefficient (Wildman–Crippen LogP) is 1.43. The topological polar surface area (TPSA) is 114 Å². The molecule has 5 rings (SSSR count). The molecule has 0 unspecified atom stereocenters. The Hall–Kier alpha value is -3.16. The summed E-state index contributed by atoms with van der Waals surface area (Å²) >= 11 is 1.71. The van der Waals surface area contributed by atoms with Crippen LogP contribution in [0.1, 0.15) is 10.6 Å². The highest BCUT2D eigenvalue weighted by molar-refractivity contribution is 7.19. The molecule has 4 aromatic rings. The third kappa shape index (κ3) is 2.37. The first-order chi connectivity index (χ1) is 12.3. The second-order valence-electron chi connectivity index (χ2n) is 5.76. The number of hydrogen-bond donors (Lipinski definition) is 3. The quantitative estimate of drug-likeness (QED) is 0.479. The van der Waals surface area contributed by atoms with E-state index in [1.165, 1.54) is 4.88 Å². The van der Waals surface area contributed by atoms with Crippen LogP contribution >= 0.6 is 11.3 Å². The average Bonchev–Trinajstić information content (AvgIpc) is 3.29. The summed E-state index contributed by atoms with van der Waals surface area (Å²) < 4.78 is 3.13. The van der Waals surface area contributed by atoms with Crippen LogP contribution in [0.2, 0.25) is 0 Å². The molecule has 0 atom stereocenters. The van der Waals surface area contributed by atoms with Crippen LogP contribution in [-0.4, -0.2) is 48.0 Å². The van der Waals surface area contributed by atoms with Gasteiger partial charge in [0.2, 0.25) is 0 Å². The van der Waals surface area contributed by atoms with Gasteiger partial charge in [-0.1, -0.05) is 0 Å². The van der Waals surface area contributed by atoms with Gasteiger partial charge in [-0.25, -0.2) is 15.4 Å². The first-order valence-corrected chi connectivity index (χ1v) is 8.53. The van der Waals surface area contributed by atoms with Crippen molar-refractivity contribution < 1.29 is 0 Å². The largest absolute Gasteiger partial charge is 0.301 e. The number of rotatable bonds is 4. The monoisotopic (exact) mass is 351 g/mol. The molecule has 0 saturated heterocycles. The maximum absolute atomic E-state index is 8.78. The van der Waals surface area contributed by atoms with Gasteiger partial charge in [0.1, 0.15) is 6.54 Å². The van der Waals surface area contributed by atoms with Crippen LogP contribution in [0.25, 0.3) is 27.1 Å². The summed E-state index contributed by atoms with van der Waals surface area (Å²) in [6, 6.07) is 4.22. The number of aromatic nitrogens is 6. The van der Waals surface area contributed by atoms with Crippen molar-refractivity contribution in [2.75, 3.05) is 13.1 Å². The molecule has 25 heavy (non-hydrogen) atoms. The zero-order chi connectivity index (χ0) is 16.8. The Bertz CT molecular complexity index is 1110. The van der Waals surface area contributed by atoms with Gasteiger partial charge in [-0.05, 0) is 6.07 Å². The van der Waals surface area contributed by atoms with Crippen molar-refractivity contribution in [3.63, 3.8) is 0 Å². The van der Waals surface area contributed by atoms with Crippen LogP contribution in [0.5, 0.6) is 0 Å². The fraction of sp³-hybridized carbons (Fsp3) is 0.200. The summed E-state index contributed by atoms with van der Waals surface area (Å²) in [4.78, 5) is 10.4. The van der Waals surface area contributed by atoms with Crippen molar-refractivity contribution in [2.24, 2.45) is 0 Å². The molecule has 4 aromatic heterocycles. The average molecular weight is 351 g/mol. The molecule has 0 radical (unpaired) electrons. The van der Waals surface area contributed by atoms with Gasteiger partial charge in [-0.15, -0.1) is 11.3 Å². The van der Waals surface area contributed by atoms with Crippen LogP contribution in [0.15, 0.2) is 24.7 Å². The normalized spacial score (nSPS) is 14.5. The van der Waals surface area contributed by atoms with Crippen molar-refractivity contribution in [1.29, 1.82) is 5.26 Å². The first-order valence-electron chi connectivity index (χ1n) is 7.71. The third-order valence-corrected chi connectivity index (χ3v) is 5.15. The lowest BCUT2D eigenvalue weighted by Crippen LogP contribution is -2.28. The lowest BCUT2D eigenvalue weighted by Gasteiger charge is -2.14. The zero-order valence-corrected chi connectivity index (χ0v) is 13.8. The Morgan fingerprint density at radius 3 is 3.20 bits per heavy atom. The molecule has 0 aromatic carbocycles. The lowest BCUT2D eigenvalue weighted by atomic mass is 10.2. The lowest BCUT2D eigenvalue weighted by molar-refractivity contribution is 0.343. The maximum Gasteiger partial charge on any atom is 0.193 e. The van der Waals surface area contributed by atoms with E-state index in [9.17, 15) is 0 Å². The summed E-state index contributed by atoms with van der Waals surface area (Å²) in [6.07, 6.45) is 5.50. The third-order valence-electron chi connectivity index (χ3n) is 4.10. The Balaban J connectivity index is 1.43. The Labute approximate surface area is 145 Å². The molecule has 5 heterocycles. The molecule has 9 nitrogen and oxygen atoms in total. The number of nitriles is 1. The van der Waals surface area contributed by atoms with E-state index >= 15 is 0 Å². The summed E-state index contributed by atoms with van der Waals surface area (Å²) in [5.74, 6) is 0. The van der Waals surface area contributed by atoms with Gasteiger partial charge in [0.25, 0.3) is 0 Å². The van der Waals surface area contributed by atoms with E-state index in [0.717, 1.165) is 39.3 Å². The predicted molar refractivity (Wildman–Crippen MR) is 93.3 cm³/mol. The van der Waals surface area contributed by atoms with Crippen molar-refractivity contribution in [3.8, 4) is 6.07 Å². The van der Waals surface area contributed by atoms with Crippen LogP contribution in [-0.2, 0) is 6.54 Å². The van der Waals surface area contributed by atoms with Gasteiger partial charge < -0.3 is 5.01 Å². The van der Waals surface area contributed by atoms with Crippen LogP contribution < -0.4 is 5.43 Å². The molecule has 0 fully saturated rings. The number of hydrogen-bond acceptors (Lipinski definition) is 7. The minimum absolute atomic E-state index is 0.302. The summed E-state index contributed by atoms with van der Waals surface area (Å²) in [7, 11) is 0. The van der Waals surface area contributed by atoms with E-state index in [-0.39, 0.29) is 0 Å². The van der Waals surface area contributed by atoms with E-state index in [1.807, 2.05) is 17.1 Å². The number of thiophene rings is 1. The molecule has 1 aliphatic heterocycles. The Morgan fingerprint density at radius 2 is 2.32 bits per heavy atom. The van der Waals surface area contributed by atoms with Gasteiger partial charge in [-0.2, -0.15) is 10.4 Å².